The number of nitrogens with one attached hydrogen (secondary N) is 1. The van der Waals surface area contributed by atoms with Crippen molar-refractivity contribution in [3.8, 4) is 11.3 Å². The van der Waals surface area contributed by atoms with Crippen molar-refractivity contribution >= 4 is 45.1 Å². The molecule has 0 aliphatic carbocycles. The summed E-state index contributed by atoms with van der Waals surface area (Å²) in [7, 11) is 1.12. The standard InChI is InChI=1S/C15H10BrClF2N2O3/c1-6(22)20-10-5-9(21-14(11(10)17)15(23)24-2)7-3-4-8(16)13(19)12(7)18/h3-5H,1-2H3,(H,20,21,22). The van der Waals surface area contributed by atoms with E-state index in [1.54, 1.807) is 0 Å². The third kappa shape index (κ3) is 3.54. The Morgan fingerprint density at radius 3 is 2.54 bits per heavy atom. The molecule has 0 saturated carbocycles. The van der Waals surface area contributed by atoms with E-state index < -0.39 is 23.5 Å². The van der Waals surface area contributed by atoms with E-state index in [1.807, 2.05) is 0 Å². The average Bonchev–Trinajstić information content (AvgIpc) is 2.53. The Morgan fingerprint density at radius 2 is 1.96 bits per heavy atom. The Bertz CT molecular complexity index is 846. The van der Waals surface area contributed by atoms with Crippen molar-refractivity contribution < 1.29 is 23.1 Å². The van der Waals surface area contributed by atoms with Gasteiger partial charge in [0, 0.05) is 12.5 Å². The molecule has 1 N–H and O–H groups in total. The first-order chi connectivity index (χ1) is 11.3. The second-order valence-electron chi connectivity index (χ2n) is 4.61. The topological polar surface area (TPSA) is 68.3 Å². The van der Waals surface area contributed by atoms with Gasteiger partial charge in [0.2, 0.25) is 5.91 Å². The molecular formula is C15H10BrClF2N2O3. The first kappa shape index (κ1) is 18.3. The fourth-order valence-corrected chi connectivity index (χ4v) is 2.43. The molecule has 2 aromatic rings. The van der Waals surface area contributed by atoms with Crippen molar-refractivity contribution in [1.82, 2.24) is 4.98 Å². The molecule has 2 rings (SSSR count). The van der Waals surface area contributed by atoms with Gasteiger partial charge in [-0.15, -0.1) is 0 Å². The first-order valence-corrected chi connectivity index (χ1v) is 7.63. The van der Waals surface area contributed by atoms with Crippen molar-refractivity contribution in [2.24, 2.45) is 0 Å². The number of pyridine rings is 1. The highest BCUT2D eigenvalue weighted by molar-refractivity contribution is 9.10. The zero-order valence-electron chi connectivity index (χ0n) is 12.4. The summed E-state index contributed by atoms with van der Waals surface area (Å²) in [5, 5.41) is 2.24. The van der Waals surface area contributed by atoms with Crippen molar-refractivity contribution in [2.75, 3.05) is 12.4 Å². The number of nitrogens with zero attached hydrogens (tertiary/aromatic N) is 1. The summed E-state index contributed by atoms with van der Waals surface area (Å²) in [6.07, 6.45) is 0. The molecule has 1 aromatic carbocycles. The molecule has 0 atom stereocenters. The van der Waals surface area contributed by atoms with Gasteiger partial charge in [0.05, 0.1) is 28.0 Å². The smallest absolute Gasteiger partial charge is 0.358 e. The van der Waals surface area contributed by atoms with Crippen LogP contribution in [-0.4, -0.2) is 24.0 Å². The lowest BCUT2D eigenvalue weighted by Gasteiger charge is -2.12. The van der Waals surface area contributed by atoms with Gasteiger partial charge in [0.15, 0.2) is 17.3 Å². The van der Waals surface area contributed by atoms with Crippen LogP contribution in [0.15, 0.2) is 22.7 Å². The molecule has 0 bridgehead atoms. The van der Waals surface area contributed by atoms with Crippen LogP contribution >= 0.6 is 27.5 Å². The lowest BCUT2D eigenvalue weighted by Crippen LogP contribution is -2.12. The summed E-state index contributed by atoms with van der Waals surface area (Å²) in [6.45, 7) is 1.23. The van der Waals surface area contributed by atoms with Gasteiger partial charge in [-0.05, 0) is 34.1 Å². The maximum Gasteiger partial charge on any atom is 0.358 e. The molecule has 126 valence electrons. The number of carbonyl (C=O) groups is 2. The number of amides is 1. The molecule has 0 fully saturated rings. The number of hydrogen-bond donors (Lipinski definition) is 1. The fraction of sp³-hybridized carbons (Fsp3) is 0.133. The van der Waals surface area contributed by atoms with Gasteiger partial charge in [-0.2, -0.15) is 0 Å². The number of benzene rings is 1. The molecular weight excluding hydrogens is 410 g/mol. The number of carbonyl (C=O) groups excluding carboxylic acids is 2. The minimum Gasteiger partial charge on any atom is -0.464 e. The maximum atomic E-state index is 14.2. The van der Waals surface area contributed by atoms with Crippen LogP contribution in [0.5, 0.6) is 0 Å². The molecule has 9 heteroatoms. The van der Waals surface area contributed by atoms with E-state index in [0.717, 1.165) is 7.11 Å². The summed E-state index contributed by atoms with van der Waals surface area (Å²) in [5.41, 5.74) is -0.600. The number of anilines is 1. The third-order valence-corrected chi connectivity index (χ3v) is 3.95. The molecule has 1 amide bonds. The second kappa shape index (κ2) is 7.23. The van der Waals surface area contributed by atoms with Crippen LogP contribution in [0.4, 0.5) is 14.5 Å². The summed E-state index contributed by atoms with van der Waals surface area (Å²) < 4.78 is 32.4. The minimum atomic E-state index is -1.16. The molecule has 1 heterocycles. The van der Waals surface area contributed by atoms with Crippen LogP contribution in [0.2, 0.25) is 5.02 Å². The summed E-state index contributed by atoms with van der Waals surface area (Å²) in [4.78, 5) is 27.0. The number of methoxy groups -OCH3 is 1. The molecule has 0 saturated heterocycles. The van der Waals surface area contributed by atoms with Gasteiger partial charge in [0.25, 0.3) is 0 Å². The number of halogens is 4. The van der Waals surface area contributed by atoms with Crippen molar-refractivity contribution in [3.63, 3.8) is 0 Å². The Labute approximate surface area is 149 Å². The monoisotopic (exact) mass is 418 g/mol. The van der Waals surface area contributed by atoms with E-state index in [1.165, 1.54) is 25.1 Å². The quantitative estimate of drug-likeness (QED) is 0.598. The van der Waals surface area contributed by atoms with Gasteiger partial charge in [-0.3, -0.25) is 4.79 Å². The molecule has 1 aromatic heterocycles. The van der Waals surface area contributed by atoms with Crippen molar-refractivity contribution in [2.45, 2.75) is 6.92 Å². The van der Waals surface area contributed by atoms with E-state index in [0.29, 0.717) is 0 Å². The molecule has 0 aliphatic rings. The Morgan fingerprint density at radius 1 is 1.29 bits per heavy atom. The molecule has 0 radical (unpaired) electrons. The zero-order chi connectivity index (χ0) is 18.0. The van der Waals surface area contributed by atoms with Crippen LogP contribution in [0.1, 0.15) is 17.4 Å². The summed E-state index contributed by atoms with van der Waals surface area (Å²) in [5.74, 6) is -3.62. The number of esters is 1. The highest BCUT2D eigenvalue weighted by Gasteiger charge is 2.22. The maximum absolute atomic E-state index is 14.2. The number of aromatic nitrogens is 1. The van der Waals surface area contributed by atoms with Gasteiger partial charge < -0.3 is 10.1 Å². The lowest BCUT2D eigenvalue weighted by molar-refractivity contribution is -0.114. The predicted octanol–water partition coefficient (Wildman–Crippen LogP) is 4.19. The van der Waals surface area contributed by atoms with Gasteiger partial charge >= 0.3 is 5.97 Å². The first-order valence-electron chi connectivity index (χ1n) is 6.46. The number of rotatable bonds is 3. The Hall–Kier alpha value is -2.06. The number of hydrogen-bond acceptors (Lipinski definition) is 4. The molecule has 0 aliphatic heterocycles. The Kier molecular flexibility index (Phi) is 5.51. The molecule has 0 unspecified atom stereocenters. The van der Waals surface area contributed by atoms with Crippen LogP contribution in [-0.2, 0) is 9.53 Å². The fourth-order valence-electron chi connectivity index (χ4n) is 1.90. The van der Waals surface area contributed by atoms with Crippen LogP contribution < -0.4 is 5.32 Å². The predicted molar refractivity (Wildman–Crippen MR) is 87.9 cm³/mol. The summed E-state index contributed by atoms with van der Waals surface area (Å²) >= 11 is 8.90. The minimum absolute atomic E-state index is 0.0253. The molecule has 24 heavy (non-hydrogen) atoms. The van der Waals surface area contributed by atoms with Crippen LogP contribution in [0.3, 0.4) is 0 Å². The Balaban J connectivity index is 2.72. The van der Waals surface area contributed by atoms with Crippen molar-refractivity contribution in [3.05, 3.63) is 45.0 Å². The van der Waals surface area contributed by atoms with Crippen LogP contribution in [0, 0.1) is 11.6 Å². The molecule has 5 nitrogen and oxygen atoms in total. The lowest BCUT2D eigenvalue weighted by atomic mass is 10.1. The van der Waals surface area contributed by atoms with E-state index in [-0.39, 0.29) is 32.1 Å². The highest BCUT2D eigenvalue weighted by atomic mass is 79.9. The van der Waals surface area contributed by atoms with E-state index in [2.05, 4.69) is 31.0 Å². The largest absolute Gasteiger partial charge is 0.464 e. The van der Waals surface area contributed by atoms with Crippen molar-refractivity contribution in [1.29, 1.82) is 0 Å². The average molecular weight is 420 g/mol. The SMILES string of the molecule is COC(=O)c1nc(-c2ccc(Br)c(F)c2F)cc(NC(C)=O)c1Cl. The normalized spacial score (nSPS) is 10.4. The second-order valence-corrected chi connectivity index (χ2v) is 5.85. The number of ether oxygens (including phenoxy) is 1. The third-order valence-electron chi connectivity index (χ3n) is 2.96. The zero-order valence-corrected chi connectivity index (χ0v) is 14.8. The highest BCUT2D eigenvalue weighted by Crippen LogP contribution is 2.33. The van der Waals surface area contributed by atoms with E-state index in [9.17, 15) is 18.4 Å². The van der Waals surface area contributed by atoms with Gasteiger partial charge in [-0.25, -0.2) is 18.6 Å². The van der Waals surface area contributed by atoms with E-state index in [4.69, 9.17) is 11.6 Å². The van der Waals surface area contributed by atoms with Gasteiger partial charge in [-0.1, -0.05) is 11.6 Å². The van der Waals surface area contributed by atoms with E-state index >= 15 is 0 Å². The molecule has 0 spiro atoms. The van der Waals surface area contributed by atoms with Crippen LogP contribution in [0.25, 0.3) is 11.3 Å². The summed E-state index contributed by atoms with van der Waals surface area (Å²) in [6, 6.07) is 3.80. The van der Waals surface area contributed by atoms with Gasteiger partial charge in [0.1, 0.15) is 0 Å².